The molecule has 1 aliphatic heterocycles. The summed E-state index contributed by atoms with van der Waals surface area (Å²) in [5.41, 5.74) is 0. The lowest BCUT2D eigenvalue weighted by Gasteiger charge is -2.04. The molecule has 88 valence electrons. The van der Waals surface area contributed by atoms with Crippen LogP contribution in [0.1, 0.15) is 51.9 Å². The van der Waals surface area contributed by atoms with E-state index < -0.39 is 0 Å². The zero-order valence-electron chi connectivity index (χ0n) is 9.51. The summed E-state index contributed by atoms with van der Waals surface area (Å²) in [4.78, 5) is 11.4. The average molecular weight is 324 g/mol. The summed E-state index contributed by atoms with van der Waals surface area (Å²) in [6.07, 6.45) is 8.56. The maximum atomic E-state index is 11.4. The van der Waals surface area contributed by atoms with E-state index in [-0.39, 0.29) is 18.0 Å². The molecule has 0 radical (unpaired) electrons. The minimum absolute atomic E-state index is 0.0483. The number of rotatable bonds is 7. The van der Waals surface area contributed by atoms with Crippen molar-refractivity contribution in [3.8, 4) is 0 Å². The molecule has 0 N–H and O–H groups in total. The summed E-state index contributed by atoms with van der Waals surface area (Å²) >= 11 is 2.29. The highest BCUT2D eigenvalue weighted by Gasteiger charge is 2.32. The van der Waals surface area contributed by atoms with E-state index in [2.05, 4.69) is 29.5 Å². The third-order valence-electron chi connectivity index (χ3n) is 2.99. The fourth-order valence-corrected chi connectivity index (χ4v) is 2.59. The van der Waals surface area contributed by atoms with Crippen molar-refractivity contribution in [1.82, 2.24) is 0 Å². The van der Waals surface area contributed by atoms with Crippen molar-refractivity contribution in [2.24, 2.45) is 5.92 Å². The minimum atomic E-state index is 0.0483. The van der Waals surface area contributed by atoms with Gasteiger partial charge in [0, 0.05) is 4.43 Å². The van der Waals surface area contributed by atoms with Crippen molar-refractivity contribution < 1.29 is 9.53 Å². The first kappa shape index (κ1) is 13.3. The number of ether oxygens (including phenoxy) is 1. The number of cyclic esters (lactones) is 1. The van der Waals surface area contributed by atoms with Gasteiger partial charge in [0.15, 0.2) is 0 Å². The van der Waals surface area contributed by atoms with Crippen LogP contribution in [0.15, 0.2) is 0 Å². The predicted octanol–water partition coefficient (Wildman–Crippen LogP) is 3.71. The van der Waals surface area contributed by atoms with E-state index >= 15 is 0 Å². The Hall–Kier alpha value is 0.200. The van der Waals surface area contributed by atoms with Crippen LogP contribution >= 0.6 is 22.6 Å². The molecule has 0 spiro atoms. The summed E-state index contributed by atoms with van der Waals surface area (Å²) in [5, 5.41) is 0. The van der Waals surface area contributed by atoms with Crippen LogP contribution < -0.4 is 0 Å². The molecule has 2 atom stereocenters. The Morgan fingerprint density at radius 3 is 2.67 bits per heavy atom. The third-order valence-corrected chi connectivity index (χ3v) is 3.97. The van der Waals surface area contributed by atoms with Gasteiger partial charge in [0.2, 0.25) is 0 Å². The van der Waals surface area contributed by atoms with E-state index in [0.717, 1.165) is 17.3 Å². The molecule has 0 aliphatic carbocycles. The molecular weight excluding hydrogens is 303 g/mol. The van der Waals surface area contributed by atoms with Crippen LogP contribution in [0.3, 0.4) is 0 Å². The van der Waals surface area contributed by atoms with E-state index in [1.54, 1.807) is 0 Å². The molecule has 0 aromatic rings. The molecule has 1 rings (SSSR count). The Bertz CT molecular complexity index is 194. The molecule has 0 bridgehead atoms. The normalized spacial score (nSPS) is 25.6. The van der Waals surface area contributed by atoms with Gasteiger partial charge in [-0.1, -0.05) is 61.6 Å². The molecule has 2 nitrogen and oxygen atoms in total. The van der Waals surface area contributed by atoms with Gasteiger partial charge in [-0.25, -0.2) is 0 Å². The van der Waals surface area contributed by atoms with Gasteiger partial charge in [0.1, 0.15) is 6.10 Å². The zero-order chi connectivity index (χ0) is 11.1. The lowest BCUT2D eigenvalue weighted by Crippen LogP contribution is -2.07. The monoisotopic (exact) mass is 324 g/mol. The van der Waals surface area contributed by atoms with Gasteiger partial charge in [0.05, 0.1) is 5.92 Å². The second-order valence-corrected chi connectivity index (χ2v) is 5.23. The Morgan fingerprint density at radius 2 is 2.07 bits per heavy atom. The van der Waals surface area contributed by atoms with Crippen molar-refractivity contribution in [3.05, 3.63) is 0 Å². The van der Waals surface area contributed by atoms with Gasteiger partial charge in [-0.05, 0) is 12.8 Å². The van der Waals surface area contributed by atoms with Crippen LogP contribution in [0, 0.1) is 5.92 Å². The first-order valence-electron chi connectivity index (χ1n) is 6.04. The Balaban J connectivity index is 2.08. The fourth-order valence-electron chi connectivity index (χ4n) is 2.05. The molecule has 0 aromatic heterocycles. The zero-order valence-corrected chi connectivity index (χ0v) is 11.7. The summed E-state index contributed by atoms with van der Waals surface area (Å²) in [6.45, 7) is 2.22. The number of esters is 1. The standard InChI is InChI=1S/C12H21IO2/c1-2-3-4-5-6-7-10-8-11(9-13)15-12(10)14/h10-11H,2-9H2,1H3/t10-,11-/m1/s1. The van der Waals surface area contributed by atoms with Crippen molar-refractivity contribution >= 4 is 28.6 Å². The van der Waals surface area contributed by atoms with Gasteiger partial charge in [0.25, 0.3) is 0 Å². The Morgan fingerprint density at radius 1 is 1.33 bits per heavy atom. The third kappa shape index (κ3) is 4.70. The number of carbonyl (C=O) groups excluding carboxylic acids is 1. The molecule has 3 heteroatoms. The largest absolute Gasteiger partial charge is 0.461 e. The van der Waals surface area contributed by atoms with Crippen LogP contribution in [-0.4, -0.2) is 16.5 Å². The first-order valence-corrected chi connectivity index (χ1v) is 7.57. The minimum Gasteiger partial charge on any atom is -0.461 e. The van der Waals surface area contributed by atoms with Crippen LogP contribution in [0.2, 0.25) is 0 Å². The number of carbonyl (C=O) groups is 1. The topological polar surface area (TPSA) is 26.3 Å². The van der Waals surface area contributed by atoms with Crippen LogP contribution in [-0.2, 0) is 9.53 Å². The SMILES string of the molecule is CCCCCCC[C@@H]1C[C@H](CI)OC1=O. The Kier molecular flexibility index (Phi) is 6.61. The number of hydrogen-bond donors (Lipinski definition) is 0. The number of hydrogen-bond acceptors (Lipinski definition) is 2. The first-order chi connectivity index (χ1) is 7.27. The summed E-state index contributed by atoms with van der Waals surface area (Å²) in [5.74, 6) is 0.249. The second kappa shape index (κ2) is 7.47. The summed E-state index contributed by atoms with van der Waals surface area (Å²) in [7, 11) is 0. The molecule has 0 unspecified atom stereocenters. The summed E-state index contributed by atoms with van der Waals surface area (Å²) in [6, 6.07) is 0. The number of halogens is 1. The van der Waals surface area contributed by atoms with E-state index in [4.69, 9.17) is 4.74 Å². The van der Waals surface area contributed by atoms with Crippen LogP contribution in [0.5, 0.6) is 0 Å². The van der Waals surface area contributed by atoms with Crippen molar-refractivity contribution in [2.75, 3.05) is 4.43 Å². The number of alkyl halides is 1. The van der Waals surface area contributed by atoms with Gasteiger partial charge < -0.3 is 4.74 Å². The van der Waals surface area contributed by atoms with Gasteiger partial charge in [-0.3, -0.25) is 4.79 Å². The van der Waals surface area contributed by atoms with E-state index in [1.807, 2.05) is 0 Å². The van der Waals surface area contributed by atoms with E-state index in [0.29, 0.717) is 0 Å². The molecule has 1 heterocycles. The van der Waals surface area contributed by atoms with Gasteiger partial charge in [-0.2, -0.15) is 0 Å². The van der Waals surface area contributed by atoms with Crippen LogP contribution in [0.25, 0.3) is 0 Å². The molecule has 0 amide bonds. The molecular formula is C12H21IO2. The number of unbranched alkanes of at least 4 members (excludes halogenated alkanes) is 4. The maximum absolute atomic E-state index is 11.4. The molecule has 1 aliphatic rings. The molecule has 1 fully saturated rings. The Labute approximate surface area is 106 Å². The van der Waals surface area contributed by atoms with Crippen molar-refractivity contribution in [1.29, 1.82) is 0 Å². The van der Waals surface area contributed by atoms with Gasteiger partial charge >= 0.3 is 5.97 Å². The lowest BCUT2D eigenvalue weighted by atomic mass is 9.97. The predicted molar refractivity (Wildman–Crippen MR) is 70.3 cm³/mol. The van der Waals surface area contributed by atoms with Gasteiger partial charge in [-0.15, -0.1) is 0 Å². The molecule has 1 saturated heterocycles. The quantitative estimate of drug-likeness (QED) is 0.309. The van der Waals surface area contributed by atoms with Crippen LogP contribution in [0.4, 0.5) is 0 Å². The highest BCUT2D eigenvalue weighted by molar-refractivity contribution is 14.1. The van der Waals surface area contributed by atoms with Crippen molar-refractivity contribution in [3.63, 3.8) is 0 Å². The van der Waals surface area contributed by atoms with E-state index in [9.17, 15) is 4.79 Å². The second-order valence-electron chi connectivity index (χ2n) is 4.35. The molecule has 0 aromatic carbocycles. The highest BCUT2D eigenvalue weighted by atomic mass is 127. The fraction of sp³-hybridized carbons (Fsp3) is 0.917. The van der Waals surface area contributed by atoms with E-state index in [1.165, 1.54) is 32.1 Å². The smallest absolute Gasteiger partial charge is 0.309 e. The highest BCUT2D eigenvalue weighted by Crippen LogP contribution is 2.27. The van der Waals surface area contributed by atoms with Crippen molar-refractivity contribution in [2.45, 2.75) is 58.0 Å². The lowest BCUT2D eigenvalue weighted by molar-refractivity contribution is -0.143. The maximum Gasteiger partial charge on any atom is 0.309 e. The summed E-state index contributed by atoms with van der Waals surface area (Å²) < 4.78 is 6.20. The molecule has 0 saturated carbocycles. The molecule has 15 heavy (non-hydrogen) atoms. The average Bonchev–Trinajstić information content (AvgIpc) is 2.59.